The van der Waals surface area contributed by atoms with Gasteiger partial charge in [-0.15, -0.1) is 13.2 Å². The molecule has 1 fully saturated rings. The number of hydrogen-bond donors (Lipinski definition) is 3. The van der Waals surface area contributed by atoms with Crippen molar-refractivity contribution in [1.29, 1.82) is 0 Å². The van der Waals surface area contributed by atoms with Crippen LogP contribution in [0.25, 0.3) is 0 Å². The highest BCUT2D eigenvalue weighted by atomic mass is 19.4. The van der Waals surface area contributed by atoms with Gasteiger partial charge in [0.05, 0.1) is 0 Å². The van der Waals surface area contributed by atoms with Crippen LogP contribution in [-0.4, -0.2) is 25.1 Å². The normalized spacial score (nSPS) is 17.6. The van der Waals surface area contributed by atoms with Gasteiger partial charge in [0.25, 0.3) is 0 Å². The molecule has 0 radical (unpaired) electrons. The van der Waals surface area contributed by atoms with Crippen LogP contribution in [-0.2, 0) is 0 Å². The van der Waals surface area contributed by atoms with Gasteiger partial charge in [0.1, 0.15) is 11.4 Å². The van der Waals surface area contributed by atoms with Crippen LogP contribution in [0.2, 0.25) is 0 Å². The molecule has 0 unspecified atom stereocenters. The van der Waals surface area contributed by atoms with E-state index in [0.29, 0.717) is 0 Å². The summed E-state index contributed by atoms with van der Waals surface area (Å²) in [5.74, 6) is -0.231. The van der Waals surface area contributed by atoms with Crippen LogP contribution in [0, 0.1) is 0 Å². The lowest BCUT2D eigenvalue weighted by molar-refractivity contribution is -0.274. The molecular weight excluding hydrogens is 295 g/mol. The van der Waals surface area contributed by atoms with Crippen LogP contribution in [0.5, 0.6) is 5.75 Å². The molecule has 4 nitrogen and oxygen atoms in total. The Morgan fingerprint density at radius 3 is 2.32 bits per heavy atom. The van der Waals surface area contributed by atoms with E-state index in [2.05, 4.69) is 27.3 Å². The second kappa shape index (κ2) is 6.48. The summed E-state index contributed by atoms with van der Waals surface area (Å²) in [6.45, 7) is 7.45. The second-order valence-electron chi connectivity index (χ2n) is 5.43. The molecule has 1 aliphatic rings. The predicted molar refractivity (Wildman–Crippen MR) is 79.5 cm³/mol. The number of anilines is 1. The Bertz CT molecular complexity index is 508. The molecule has 1 aromatic rings. The SMILES string of the molecule is C=C(C)NC1(Nc2ccc(OC(F)(F)F)cc2)CCNCC1. The molecule has 1 aliphatic heterocycles. The van der Waals surface area contributed by atoms with Gasteiger partial charge in [-0.05, 0) is 44.3 Å². The number of benzene rings is 1. The predicted octanol–water partition coefficient (Wildman–Crippen LogP) is 3.20. The zero-order valence-corrected chi connectivity index (χ0v) is 12.4. The van der Waals surface area contributed by atoms with E-state index in [9.17, 15) is 13.2 Å². The van der Waals surface area contributed by atoms with Gasteiger partial charge in [-0.25, -0.2) is 0 Å². The Morgan fingerprint density at radius 2 is 1.82 bits per heavy atom. The van der Waals surface area contributed by atoms with Crippen LogP contribution < -0.4 is 20.7 Å². The van der Waals surface area contributed by atoms with Gasteiger partial charge in [-0.2, -0.15) is 0 Å². The molecule has 0 aromatic heterocycles. The number of piperidine rings is 1. The maximum absolute atomic E-state index is 12.2. The maximum atomic E-state index is 12.2. The van der Waals surface area contributed by atoms with Gasteiger partial charge >= 0.3 is 6.36 Å². The highest BCUT2D eigenvalue weighted by Gasteiger charge is 2.32. The first kappa shape index (κ1) is 16.5. The summed E-state index contributed by atoms with van der Waals surface area (Å²) < 4.78 is 40.3. The Kier molecular flexibility index (Phi) is 4.85. The minimum atomic E-state index is -4.67. The number of halogens is 3. The van der Waals surface area contributed by atoms with Crippen LogP contribution in [0.15, 0.2) is 36.5 Å². The van der Waals surface area contributed by atoms with Crippen molar-refractivity contribution in [1.82, 2.24) is 10.6 Å². The summed E-state index contributed by atoms with van der Waals surface area (Å²) in [7, 11) is 0. The van der Waals surface area contributed by atoms with Crippen molar-refractivity contribution in [2.24, 2.45) is 0 Å². The zero-order valence-electron chi connectivity index (χ0n) is 12.4. The molecule has 0 bridgehead atoms. The van der Waals surface area contributed by atoms with E-state index < -0.39 is 6.36 Å². The third kappa shape index (κ3) is 4.84. The molecule has 7 heteroatoms. The van der Waals surface area contributed by atoms with Crippen molar-refractivity contribution in [3.63, 3.8) is 0 Å². The number of nitrogens with one attached hydrogen (secondary N) is 3. The number of ether oxygens (including phenoxy) is 1. The van der Waals surface area contributed by atoms with Crippen LogP contribution in [0.4, 0.5) is 18.9 Å². The van der Waals surface area contributed by atoms with Crippen LogP contribution in [0.1, 0.15) is 19.8 Å². The number of hydrogen-bond acceptors (Lipinski definition) is 4. The van der Waals surface area contributed by atoms with Gasteiger partial charge in [-0.1, -0.05) is 6.58 Å². The maximum Gasteiger partial charge on any atom is 0.573 e. The molecule has 0 spiro atoms. The third-order valence-corrected chi connectivity index (χ3v) is 3.38. The second-order valence-corrected chi connectivity index (χ2v) is 5.43. The van der Waals surface area contributed by atoms with Crippen molar-refractivity contribution in [2.75, 3.05) is 18.4 Å². The van der Waals surface area contributed by atoms with Crippen molar-refractivity contribution in [3.05, 3.63) is 36.5 Å². The summed E-state index contributed by atoms with van der Waals surface area (Å²) in [5.41, 5.74) is 1.22. The number of rotatable bonds is 5. The van der Waals surface area contributed by atoms with Gasteiger partial charge in [0, 0.05) is 24.2 Å². The van der Waals surface area contributed by atoms with Gasteiger partial charge < -0.3 is 20.7 Å². The topological polar surface area (TPSA) is 45.3 Å². The van der Waals surface area contributed by atoms with E-state index >= 15 is 0 Å². The number of alkyl halides is 3. The van der Waals surface area contributed by atoms with E-state index in [0.717, 1.165) is 37.3 Å². The lowest BCUT2D eigenvalue weighted by Crippen LogP contribution is -2.56. The van der Waals surface area contributed by atoms with E-state index in [1.54, 1.807) is 12.1 Å². The van der Waals surface area contributed by atoms with Crippen LogP contribution in [0.3, 0.4) is 0 Å². The Labute approximate surface area is 127 Å². The monoisotopic (exact) mass is 315 g/mol. The fourth-order valence-electron chi connectivity index (χ4n) is 2.56. The van der Waals surface area contributed by atoms with E-state index in [-0.39, 0.29) is 11.4 Å². The third-order valence-electron chi connectivity index (χ3n) is 3.38. The molecule has 0 amide bonds. The molecule has 2 rings (SSSR count). The minimum Gasteiger partial charge on any atom is -0.406 e. The van der Waals surface area contributed by atoms with E-state index in [1.807, 2.05) is 6.92 Å². The van der Waals surface area contributed by atoms with E-state index in [1.165, 1.54) is 12.1 Å². The van der Waals surface area contributed by atoms with Gasteiger partial charge in [0.2, 0.25) is 0 Å². The van der Waals surface area contributed by atoms with Crippen molar-refractivity contribution < 1.29 is 17.9 Å². The summed E-state index contributed by atoms with van der Waals surface area (Å²) in [6.07, 6.45) is -3.01. The summed E-state index contributed by atoms with van der Waals surface area (Å²) in [4.78, 5) is 0. The van der Waals surface area contributed by atoms with Crippen molar-refractivity contribution >= 4 is 5.69 Å². The van der Waals surface area contributed by atoms with Crippen molar-refractivity contribution in [2.45, 2.75) is 31.8 Å². The molecule has 1 aromatic carbocycles. The molecule has 122 valence electrons. The molecule has 22 heavy (non-hydrogen) atoms. The molecular formula is C15H20F3N3O. The van der Waals surface area contributed by atoms with Gasteiger partial charge in [-0.3, -0.25) is 0 Å². The largest absolute Gasteiger partial charge is 0.573 e. The fraction of sp³-hybridized carbons (Fsp3) is 0.467. The molecule has 1 saturated heterocycles. The molecule has 0 atom stereocenters. The Balaban J connectivity index is 2.08. The lowest BCUT2D eigenvalue weighted by atomic mass is 9.97. The molecule has 0 aliphatic carbocycles. The first-order valence-corrected chi connectivity index (χ1v) is 7.06. The average molecular weight is 315 g/mol. The van der Waals surface area contributed by atoms with Crippen molar-refractivity contribution in [3.8, 4) is 5.75 Å². The fourth-order valence-corrected chi connectivity index (χ4v) is 2.56. The van der Waals surface area contributed by atoms with Crippen LogP contribution >= 0.6 is 0 Å². The first-order chi connectivity index (χ1) is 10.3. The van der Waals surface area contributed by atoms with Gasteiger partial charge in [0.15, 0.2) is 0 Å². The summed E-state index contributed by atoms with van der Waals surface area (Å²) in [5, 5.41) is 9.99. The highest BCUT2D eigenvalue weighted by molar-refractivity contribution is 5.48. The average Bonchev–Trinajstić information content (AvgIpc) is 2.39. The summed E-state index contributed by atoms with van der Waals surface area (Å²) >= 11 is 0. The molecule has 1 heterocycles. The Morgan fingerprint density at radius 1 is 1.23 bits per heavy atom. The smallest absolute Gasteiger partial charge is 0.406 e. The standard InChI is InChI=1S/C15H20F3N3O/c1-11(2)20-14(7-9-19-10-8-14)21-12-3-5-13(6-4-12)22-15(16,17)18/h3-6,19-21H,1,7-10H2,2H3. The first-order valence-electron chi connectivity index (χ1n) is 7.06. The highest BCUT2D eigenvalue weighted by Crippen LogP contribution is 2.27. The number of allylic oxidation sites excluding steroid dienone is 1. The lowest BCUT2D eigenvalue weighted by Gasteiger charge is -2.41. The minimum absolute atomic E-state index is 0.231. The van der Waals surface area contributed by atoms with E-state index in [4.69, 9.17) is 0 Å². The summed E-state index contributed by atoms with van der Waals surface area (Å²) in [6, 6.07) is 5.74. The molecule has 0 saturated carbocycles. The Hall–Kier alpha value is -1.89. The quantitative estimate of drug-likeness (QED) is 0.730. The molecule has 3 N–H and O–H groups in total. The zero-order chi connectivity index (χ0) is 16.2.